The zero-order chi connectivity index (χ0) is 26.7. The number of carboxylic acid groups (broad SMARTS) is 2. The molecule has 200 valence electrons. The fraction of sp³-hybridized carbons (Fsp3) is 0.615. The Hall–Kier alpha value is -2.82. The SMILES string of the molecule is CCCCC[C@H](O)/C=C/C1[C@@H](C/C=C\CCCC(=O)O)C(=O)C[C@]1(O)n1cnc(C[C@H](N)C(=O)O)c1. The van der Waals surface area contributed by atoms with Gasteiger partial charge in [-0.2, -0.15) is 0 Å². The van der Waals surface area contributed by atoms with E-state index in [0.717, 1.165) is 19.3 Å². The van der Waals surface area contributed by atoms with Crippen molar-refractivity contribution >= 4 is 17.7 Å². The van der Waals surface area contributed by atoms with Crippen LogP contribution in [0.4, 0.5) is 0 Å². The van der Waals surface area contributed by atoms with Crippen molar-refractivity contribution in [1.29, 1.82) is 0 Å². The molecular weight excluding hydrogens is 466 g/mol. The minimum Gasteiger partial charge on any atom is -0.481 e. The number of aromatic nitrogens is 2. The molecular formula is C26H39N3O7. The average molecular weight is 506 g/mol. The van der Waals surface area contributed by atoms with E-state index in [-0.39, 0.29) is 25.0 Å². The lowest BCUT2D eigenvalue weighted by atomic mass is 9.87. The van der Waals surface area contributed by atoms with Gasteiger partial charge in [0.2, 0.25) is 0 Å². The summed E-state index contributed by atoms with van der Waals surface area (Å²) in [5.74, 6) is -3.35. The number of unbranched alkanes of at least 4 members (excludes halogenated alkanes) is 3. The van der Waals surface area contributed by atoms with Crippen LogP contribution in [0.5, 0.6) is 0 Å². The summed E-state index contributed by atoms with van der Waals surface area (Å²) in [5.41, 5.74) is 4.36. The van der Waals surface area contributed by atoms with Gasteiger partial charge in [0, 0.05) is 30.9 Å². The van der Waals surface area contributed by atoms with Crippen molar-refractivity contribution in [3.05, 3.63) is 42.5 Å². The monoisotopic (exact) mass is 505 g/mol. The summed E-state index contributed by atoms with van der Waals surface area (Å²) in [7, 11) is 0. The van der Waals surface area contributed by atoms with Crippen molar-refractivity contribution in [1.82, 2.24) is 9.55 Å². The van der Waals surface area contributed by atoms with Gasteiger partial charge in [0.1, 0.15) is 11.8 Å². The van der Waals surface area contributed by atoms with Crippen molar-refractivity contribution in [2.45, 2.75) is 89.0 Å². The van der Waals surface area contributed by atoms with Crippen molar-refractivity contribution in [3.63, 3.8) is 0 Å². The number of carboxylic acids is 2. The van der Waals surface area contributed by atoms with Crippen LogP contribution in [0.2, 0.25) is 0 Å². The highest BCUT2D eigenvalue weighted by Gasteiger charge is 2.52. The molecule has 6 N–H and O–H groups in total. The quantitative estimate of drug-likeness (QED) is 0.167. The van der Waals surface area contributed by atoms with Crippen LogP contribution in [-0.2, 0) is 26.5 Å². The molecule has 0 saturated heterocycles. The molecule has 1 saturated carbocycles. The summed E-state index contributed by atoms with van der Waals surface area (Å²) >= 11 is 0. The Morgan fingerprint density at radius 2 is 2.03 bits per heavy atom. The molecule has 0 aliphatic heterocycles. The Kier molecular flexibility index (Phi) is 11.5. The van der Waals surface area contributed by atoms with Crippen molar-refractivity contribution in [2.24, 2.45) is 17.6 Å². The molecule has 1 heterocycles. The number of aliphatic hydroxyl groups is 2. The fourth-order valence-electron chi connectivity index (χ4n) is 4.53. The first-order chi connectivity index (χ1) is 17.1. The second-order valence-corrected chi connectivity index (χ2v) is 9.52. The summed E-state index contributed by atoms with van der Waals surface area (Å²) in [4.78, 5) is 39.0. The molecule has 0 bridgehead atoms. The lowest BCUT2D eigenvalue weighted by Gasteiger charge is -2.31. The number of ketones is 1. The van der Waals surface area contributed by atoms with Crippen LogP contribution in [0.1, 0.15) is 70.4 Å². The van der Waals surface area contributed by atoms with E-state index in [9.17, 15) is 24.6 Å². The van der Waals surface area contributed by atoms with Gasteiger partial charge in [-0.3, -0.25) is 14.4 Å². The number of hydrogen-bond acceptors (Lipinski definition) is 7. The maximum absolute atomic E-state index is 13.0. The van der Waals surface area contributed by atoms with E-state index in [1.165, 1.54) is 17.1 Å². The molecule has 0 radical (unpaired) electrons. The topological polar surface area (TPSA) is 176 Å². The molecule has 1 aromatic rings. The van der Waals surface area contributed by atoms with Gasteiger partial charge in [-0.1, -0.05) is 50.5 Å². The van der Waals surface area contributed by atoms with E-state index >= 15 is 0 Å². The van der Waals surface area contributed by atoms with Crippen LogP contribution >= 0.6 is 0 Å². The second kappa shape index (κ2) is 14.1. The molecule has 0 spiro atoms. The highest BCUT2D eigenvalue weighted by atomic mass is 16.4. The summed E-state index contributed by atoms with van der Waals surface area (Å²) < 4.78 is 1.43. The zero-order valence-corrected chi connectivity index (χ0v) is 20.8. The molecule has 0 amide bonds. The minimum absolute atomic E-state index is 0.0223. The van der Waals surface area contributed by atoms with E-state index < -0.39 is 41.6 Å². The first kappa shape index (κ1) is 29.4. The smallest absolute Gasteiger partial charge is 0.320 e. The van der Waals surface area contributed by atoms with Gasteiger partial charge in [0.25, 0.3) is 0 Å². The predicted octanol–water partition coefficient (Wildman–Crippen LogP) is 2.39. The largest absolute Gasteiger partial charge is 0.481 e. The number of aliphatic carboxylic acids is 2. The average Bonchev–Trinajstić information content (AvgIpc) is 3.37. The Morgan fingerprint density at radius 3 is 2.69 bits per heavy atom. The Balaban J connectivity index is 2.23. The molecule has 1 unspecified atom stereocenters. The predicted molar refractivity (Wildman–Crippen MR) is 133 cm³/mol. The Morgan fingerprint density at radius 1 is 1.28 bits per heavy atom. The number of carbonyl (C=O) groups is 3. The van der Waals surface area contributed by atoms with Gasteiger partial charge in [-0.15, -0.1) is 0 Å². The third-order valence-corrected chi connectivity index (χ3v) is 6.61. The highest BCUT2D eigenvalue weighted by Crippen LogP contribution is 2.44. The lowest BCUT2D eigenvalue weighted by molar-refractivity contribution is -0.139. The number of nitrogens with two attached hydrogens (primary N) is 1. The Bertz CT molecular complexity index is 942. The maximum Gasteiger partial charge on any atom is 0.320 e. The fourth-order valence-corrected chi connectivity index (χ4v) is 4.53. The molecule has 36 heavy (non-hydrogen) atoms. The van der Waals surface area contributed by atoms with Crippen molar-refractivity contribution in [3.8, 4) is 0 Å². The number of rotatable bonds is 16. The molecule has 2 rings (SSSR count). The Labute approximate surface area is 211 Å². The van der Waals surface area contributed by atoms with Crippen molar-refractivity contribution in [2.75, 3.05) is 0 Å². The normalized spacial score (nSPS) is 24.1. The van der Waals surface area contributed by atoms with E-state index in [0.29, 0.717) is 31.4 Å². The first-order valence-corrected chi connectivity index (χ1v) is 12.6. The summed E-state index contributed by atoms with van der Waals surface area (Å²) in [5, 5.41) is 39.9. The maximum atomic E-state index is 13.0. The van der Waals surface area contributed by atoms with E-state index in [1.54, 1.807) is 12.2 Å². The van der Waals surface area contributed by atoms with Crippen molar-refractivity contribution < 1.29 is 34.8 Å². The molecule has 0 aromatic carbocycles. The molecule has 5 atom stereocenters. The number of carbonyl (C=O) groups excluding carboxylic acids is 1. The molecule has 1 aliphatic carbocycles. The molecule has 10 heteroatoms. The van der Waals surface area contributed by atoms with Crippen LogP contribution in [0, 0.1) is 11.8 Å². The van der Waals surface area contributed by atoms with Gasteiger partial charge < -0.3 is 30.7 Å². The molecule has 1 fully saturated rings. The zero-order valence-electron chi connectivity index (χ0n) is 20.8. The summed E-state index contributed by atoms with van der Waals surface area (Å²) in [6.07, 6.45) is 14.0. The molecule has 1 aromatic heterocycles. The number of imidazole rings is 1. The van der Waals surface area contributed by atoms with E-state index in [1.807, 2.05) is 12.2 Å². The van der Waals surface area contributed by atoms with Crippen LogP contribution < -0.4 is 5.73 Å². The van der Waals surface area contributed by atoms with Crippen LogP contribution in [-0.4, -0.2) is 59.8 Å². The highest BCUT2D eigenvalue weighted by molar-refractivity contribution is 5.85. The summed E-state index contributed by atoms with van der Waals surface area (Å²) in [6, 6.07) is -1.14. The molecule has 1 aliphatic rings. The van der Waals surface area contributed by atoms with E-state index in [2.05, 4.69) is 11.9 Å². The van der Waals surface area contributed by atoms with Gasteiger partial charge in [-0.05, 0) is 25.7 Å². The number of hydrogen-bond donors (Lipinski definition) is 5. The third-order valence-electron chi connectivity index (χ3n) is 6.61. The van der Waals surface area contributed by atoms with Gasteiger partial charge in [0.05, 0.1) is 24.5 Å². The second-order valence-electron chi connectivity index (χ2n) is 9.52. The van der Waals surface area contributed by atoms with E-state index in [4.69, 9.17) is 15.9 Å². The van der Waals surface area contributed by atoms with Crippen LogP contribution in [0.15, 0.2) is 36.8 Å². The van der Waals surface area contributed by atoms with Crippen LogP contribution in [0.3, 0.4) is 0 Å². The van der Waals surface area contributed by atoms with Crippen LogP contribution in [0.25, 0.3) is 0 Å². The number of nitrogens with zero attached hydrogens (tertiary/aromatic N) is 2. The standard InChI is InChI=1S/C26H39N3O7/c1-2-3-6-9-19(30)12-13-21-20(10-7-4-5-8-11-24(32)33)23(31)15-26(21,36)29-16-18(28-17-29)14-22(27)25(34)35/h4,7,12-13,16-17,19-22,30,36H,2-3,5-6,8-11,14-15,27H2,1H3,(H,32,33)(H,34,35)/b7-4-,13-12+/t19-,20+,21?,22-,26+/m0/s1. The number of allylic oxidation sites excluding steroid dienone is 2. The van der Waals surface area contributed by atoms with Gasteiger partial charge in [0.15, 0.2) is 5.72 Å². The minimum atomic E-state index is -1.63. The molecule has 10 nitrogen and oxygen atoms in total. The van der Waals surface area contributed by atoms with Gasteiger partial charge in [-0.25, -0.2) is 4.98 Å². The lowest BCUT2D eigenvalue weighted by Crippen LogP contribution is -2.37. The number of Topliss-reactive ketones (excluding diaryl/α,β-unsaturated/α-hetero) is 1. The number of aliphatic hydroxyl groups excluding tert-OH is 1. The van der Waals surface area contributed by atoms with Gasteiger partial charge >= 0.3 is 11.9 Å². The third kappa shape index (κ3) is 8.39. The summed E-state index contributed by atoms with van der Waals surface area (Å²) in [6.45, 7) is 2.08. The first-order valence-electron chi connectivity index (χ1n) is 12.6.